The zero-order valence-corrected chi connectivity index (χ0v) is 12.0. The van der Waals surface area contributed by atoms with Crippen LogP contribution in [0.25, 0.3) is 0 Å². The third-order valence-electron chi connectivity index (χ3n) is 3.88. The van der Waals surface area contributed by atoms with Crippen LogP contribution in [0.2, 0.25) is 0 Å². The third-order valence-corrected chi connectivity index (χ3v) is 3.88. The van der Waals surface area contributed by atoms with Gasteiger partial charge < -0.3 is 51.5 Å². The molecule has 8 atom stereocenters. The lowest BCUT2D eigenvalue weighted by Gasteiger charge is -2.34. The van der Waals surface area contributed by atoms with Gasteiger partial charge in [0, 0.05) is 13.1 Å². The summed E-state index contributed by atoms with van der Waals surface area (Å²) in [7, 11) is 0. The molecule has 2 aliphatic heterocycles. The molecule has 10 N–H and O–H groups in total. The molecule has 132 valence electrons. The van der Waals surface area contributed by atoms with Crippen molar-refractivity contribution in [2.45, 2.75) is 48.7 Å². The highest BCUT2D eigenvalue weighted by Gasteiger charge is 2.36. The Bertz CT molecular complexity index is 290. The highest BCUT2D eigenvalue weighted by molar-refractivity contribution is 4.92. The van der Waals surface area contributed by atoms with Gasteiger partial charge in [-0.2, -0.15) is 0 Å². The number of β-amino-alcohol motifs (C(OH)–C–C–N with tert-alkyl or cyclic N) is 2. The highest BCUT2D eigenvalue weighted by atomic mass is 16.4. The average molecular weight is 326 g/mol. The van der Waals surface area contributed by atoms with Gasteiger partial charge in [0.25, 0.3) is 0 Å². The fourth-order valence-electron chi connectivity index (χ4n) is 2.30. The first-order valence-corrected chi connectivity index (χ1v) is 7.10. The van der Waals surface area contributed by atoms with Crippen LogP contribution in [0.3, 0.4) is 0 Å². The summed E-state index contributed by atoms with van der Waals surface area (Å²) in [5.41, 5.74) is 0. The summed E-state index contributed by atoms with van der Waals surface area (Å²) in [6.07, 6.45) is -6.41. The van der Waals surface area contributed by atoms with Crippen molar-refractivity contribution in [2.75, 3.05) is 26.3 Å². The molecule has 0 radical (unpaired) electrons. The largest absolute Gasteiger partial charge is 0.395 e. The van der Waals surface area contributed by atoms with Gasteiger partial charge in [-0.1, -0.05) is 0 Å². The molecular weight excluding hydrogens is 300 g/mol. The summed E-state index contributed by atoms with van der Waals surface area (Å²) < 4.78 is 0. The number of hydrogen-bond donors (Lipinski definition) is 10. The Morgan fingerprint density at radius 2 is 0.909 bits per heavy atom. The predicted molar refractivity (Wildman–Crippen MR) is 73.8 cm³/mol. The highest BCUT2D eigenvalue weighted by Crippen LogP contribution is 2.10. The molecule has 0 spiro atoms. The Hall–Kier alpha value is -0.400. The topological polar surface area (TPSA) is 186 Å². The molecule has 10 nitrogen and oxygen atoms in total. The number of aliphatic hydroxyl groups excluding tert-OH is 8. The number of aliphatic hydroxyl groups is 8. The Balaban J connectivity index is 0.000000220. The Labute approximate surface area is 127 Å². The minimum atomic E-state index is -1.16. The zero-order valence-electron chi connectivity index (χ0n) is 12.0. The Morgan fingerprint density at radius 3 is 1.18 bits per heavy atom. The van der Waals surface area contributed by atoms with Crippen molar-refractivity contribution in [2.24, 2.45) is 0 Å². The van der Waals surface area contributed by atoms with Crippen LogP contribution in [-0.4, -0.2) is 116 Å². The van der Waals surface area contributed by atoms with Crippen LogP contribution in [0.15, 0.2) is 0 Å². The maximum Gasteiger partial charge on any atom is 0.109 e. The van der Waals surface area contributed by atoms with E-state index in [4.69, 9.17) is 30.6 Å². The van der Waals surface area contributed by atoms with Gasteiger partial charge >= 0.3 is 0 Å². The van der Waals surface area contributed by atoms with Crippen molar-refractivity contribution >= 4 is 0 Å². The normalized spacial score (nSPS) is 45.8. The van der Waals surface area contributed by atoms with E-state index in [1.54, 1.807) is 0 Å². The fourth-order valence-corrected chi connectivity index (χ4v) is 2.30. The first kappa shape index (κ1) is 19.6. The van der Waals surface area contributed by atoms with Crippen molar-refractivity contribution in [3.63, 3.8) is 0 Å². The number of rotatable bonds is 2. The van der Waals surface area contributed by atoms with Gasteiger partial charge in [0.1, 0.15) is 12.2 Å². The van der Waals surface area contributed by atoms with E-state index in [2.05, 4.69) is 10.6 Å². The maximum absolute atomic E-state index is 9.18. The van der Waals surface area contributed by atoms with Crippen LogP contribution in [-0.2, 0) is 0 Å². The van der Waals surface area contributed by atoms with Crippen molar-refractivity contribution in [1.29, 1.82) is 0 Å². The van der Waals surface area contributed by atoms with Gasteiger partial charge in [0.15, 0.2) is 0 Å². The molecule has 2 rings (SSSR count). The third kappa shape index (κ3) is 4.80. The van der Waals surface area contributed by atoms with Gasteiger partial charge in [-0.3, -0.25) is 0 Å². The van der Waals surface area contributed by atoms with Crippen LogP contribution >= 0.6 is 0 Å². The molecule has 0 aromatic rings. The monoisotopic (exact) mass is 326 g/mol. The second-order valence-corrected chi connectivity index (χ2v) is 5.49. The van der Waals surface area contributed by atoms with E-state index < -0.39 is 48.7 Å². The molecule has 0 aromatic carbocycles. The SMILES string of the molecule is OCC1NCC(O)C(O)C1O.OC[C@H]1NC[C@H](O)[C@@H](O)[C@H]1O. The molecule has 0 aliphatic carbocycles. The average Bonchev–Trinajstić information content (AvgIpc) is 2.51. The molecule has 0 bridgehead atoms. The minimum Gasteiger partial charge on any atom is -0.395 e. The number of piperidine rings is 2. The van der Waals surface area contributed by atoms with E-state index in [0.29, 0.717) is 0 Å². The van der Waals surface area contributed by atoms with Gasteiger partial charge in [-0.25, -0.2) is 0 Å². The second-order valence-electron chi connectivity index (χ2n) is 5.49. The lowest BCUT2D eigenvalue weighted by Crippen LogP contribution is -2.60. The van der Waals surface area contributed by atoms with E-state index in [-0.39, 0.29) is 26.3 Å². The van der Waals surface area contributed by atoms with Crippen LogP contribution in [0.4, 0.5) is 0 Å². The van der Waals surface area contributed by atoms with Gasteiger partial charge in [0.2, 0.25) is 0 Å². The van der Waals surface area contributed by atoms with Crippen LogP contribution in [0.5, 0.6) is 0 Å². The molecule has 4 unspecified atom stereocenters. The van der Waals surface area contributed by atoms with Crippen molar-refractivity contribution in [3.8, 4) is 0 Å². The number of nitrogens with one attached hydrogen (secondary N) is 2. The van der Waals surface area contributed by atoms with Crippen molar-refractivity contribution < 1.29 is 40.9 Å². The summed E-state index contributed by atoms with van der Waals surface area (Å²) >= 11 is 0. The van der Waals surface area contributed by atoms with Crippen LogP contribution in [0.1, 0.15) is 0 Å². The van der Waals surface area contributed by atoms with E-state index >= 15 is 0 Å². The summed E-state index contributed by atoms with van der Waals surface area (Å²) in [6, 6.07) is -1.07. The quantitative estimate of drug-likeness (QED) is 0.234. The van der Waals surface area contributed by atoms with Crippen molar-refractivity contribution in [1.82, 2.24) is 10.6 Å². The molecule has 22 heavy (non-hydrogen) atoms. The summed E-state index contributed by atoms with van der Waals surface area (Å²) in [6.45, 7) is -0.0944. The Kier molecular flexibility index (Phi) is 8.07. The lowest BCUT2D eigenvalue weighted by atomic mass is 9.97. The van der Waals surface area contributed by atoms with Crippen LogP contribution in [0, 0.1) is 0 Å². The minimum absolute atomic E-state index is 0.198. The van der Waals surface area contributed by atoms with E-state index in [1.165, 1.54) is 0 Å². The van der Waals surface area contributed by atoms with E-state index in [0.717, 1.165) is 0 Å². The molecule has 2 saturated heterocycles. The summed E-state index contributed by atoms with van der Waals surface area (Å²) in [5.74, 6) is 0. The zero-order chi connectivity index (χ0) is 16.9. The summed E-state index contributed by atoms with van der Waals surface area (Å²) in [5, 5.41) is 77.2. The lowest BCUT2D eigenvalue weighted by molar-refractivity contribution is -0.101. The molecule has 0 aromatic heterocycles. The first-order chi connectivity index (χ1) is 10.3. The van der Waals surface area contributed by atoms with Gasteiger partial charge in [-0.05, 0) is 0 Å². The van der Waals surface area contributed by atoms with E-state index in [1.807, 2.05) is 0 Å². The van der Waals surface area contributed by atoms with Gasteiger partial charge in [0.05, 0.1) is 49.7 Å². The molecule has 2 heterocycles. The van der Waals surface area contributed by atoms with Crippen LogP contribution < -0.4 is 10.6 Å². The number of hydrogen-bond acceptors (Lipinski definition) is 10. The Morgan fingerprint density at radius 1 is 0.591 bits per heavy atom. The second kappa shape index (κ2) is 9.03. The van der Waals surface area contributed by atoms with Gasteiger partial charge in [-0.15, -0.1) is 0 Å². The molecule has 2 fully saturated rings. The fraction of sp³-hybridized carbons (Fsp3) is 1.00. The molecule has 0 amide bonds. The molecule has 0 saturated carbocycles. The predicted octanol–water partition coefficient (Wildman–Crippen LogP) is -5.93. The van der Waals surface area contributed by atoms with E-state index in [9.17, 15) is 10.2 Å². The first-order valence-electron chi connectivity index (χ1n) is 7.10. The molecule has 10 heteroatoms. The maximum atomic E-state index is 9.18. The smallest absolute Gasteiger partial charge is 0.109 e. The summed E-state index contributed by atoms with van der Waals surface area (Å²) in [4.78, 5) is 0. The van der Waals surface area contributed by atoms with Crippen molar-refractivity contribution in [3.05, 3.63) is 0 Å². The standard InChI is InChI=1S/2C6H13NO4/c2*8-2-3-5(10)6(11)4(9)1-7-3/h2*3-11H,1-2H2/t3-,4+,5+,6-;/m1./s1. The molecular formula is C12H26N2O8. The molecule has 2 aliphatic rings.